The minimum atomic E-state index is -3.79. The van der Waals surface area contributed by atoms with Gasteiger partial charge in [0.1, 0.15) is 9.96 Å². The number of nitrogens with zero attached hydrogens (tertiary/aromatic N) is 1. The summed E-state index contributed by atoms with van der Waals surface area (Å²) < 4.78 is 39.2. The number of methoxy groups -OCH3 is 1. The molecule has 0 radical (unpaired) electrons. The van der Waals surface area contributed by atoms with Crippen LogP contribution in [0.2, 0.25) is 5.02 Å². The number of rotatable bonds is 6. The molecule has 0 spiro atoms. The van der Waals surface area contributed by atoms with Gasteiger partial charge in [0.2, 0.25) is 0 Å². The first-order chi connectivity index (χ1) is 13.0. The van der Waals surface area contributed by atoms with Gasteiger partial charge in [-0.15, -0.1) is 11.3 Å². The maximum absolute atomic E-state index is 12.7. The van der Waals surface area contributed by atoms with Crippen molar-refractivity contribution in [3.05, 3.63) is 47.4 Å². The average molecular weight is 425 g/mol. The van der Waals surface area contributed by atoms with E-state index in [0.29, 0.717) is 27.3 Å². The number of sulfonamides is 1. The van der Waals surface area contributed by atoms with Crippen LogP contribution in [0.1, 0.15) is 31.1 Å². The summed E-state index contributed by atoms with van der Waals surface area (Å²) in [6.07, 6.45) is 5.04. The number of ether oxygens (including phenoxy) is 1. The lowest BCUT2D eigenvalue weighted by molar-refractivity contribution is 0.338. The number of benzene rings is 1. The molecule has 1 aromatic carbocycles. The third kappa shape index (κ3) is 3.69. The largest absolute Gasteiger partial charge is 0.495 e. The molecule has 0 bridgehead atoms. The molecule has 4 rings (SSSR count). The third-order valence-electron chi connectivity index (χ3n) is 4.47. The molecular formula is C18H17ClN2O4S2. The Morgan fingerprint density at radius 2 is 2.11 bits per heavy atom. The number of hydrogen-bond acceptors (Lipinski definition) is 6. The molecule has 0 amide bonds. The van der Waals surface area contributed by atoms with Crippen LogP contribution in [0.4, 0.5) is 5.69 Å². The van der Waals surface area contributed by atoms with Gasteiger partial charge in [0.05, 0.1) is 23.9 Å². The van der Waals surface area contributed by atoms with Crippen LogP contribution < -0.4 is 9.46 Å². The molecule has 2 aromatic heterocycles. The first-order valence-electron chi connectivity index (χ1n) is 8.38. The van der Waals surface area contributed by atoms with Crippen LogP contribution in [0.15, 0.2) is 45.2 Å². The molecule has 0 aliphatic heterocycles. The Bertz CT molecular complexity index is 1070. The van der Waals surface area contributed by atoms with Gasteiger partial charge in [-0.2, -0.15) is 0 Å². The van der Waals surface area contributed by atoms with E-state index in [9.17, 15) is 8.42 Å². The van der Waals surface area contributed by atoms with E-state index in [4.69, 9.17) is 20.8 Å². The molecule has 0 atom stereocenters. The zero-order valence-electron chi connectivity index (χ0n) is 14.4. The average Bonchev–Trinajstić information content (AvgIpc) is 3.22. The molecule has 1 N–H and O–H groups in total. The molecule has 142 valence electrons. The highest BCUT2D eigenvalue weighted by Crippen LogP contribution is 2.39. The zero-order chi connectivity index (χ0) is 19.0. The Kier molecular flexibility index (Phi) is 4.88. The van der Waals surface area contributed by atoms with Crippen molar-refractivity contribution in [1.29, 1.82) is 0 Å². The fourth-order valence-corrected chi connectivity index (χ4v) is 5.28. The van der Waals surface area contributed by atoms with E-state index in [1.54, 1.807) is 30.5 Å². The number of oxazole rings is 1. The molecule has 1 aliphatic carbocycles. The maximum atomic E-state index is 12.7. The van der Waals surface area contributed by atoms with Crippen molar-refractivity contribution in [3.8, 4) is 16.4 Å². The van der Waals surface area contributed by atoms with E-state index < -0.39 is 10.0 Å². The van der Waals surface area contributed by atoms with Crippen molar-refractivity contribution < 1.29 is 17.6 Å². The number of halogens is 1. The molecule has 1 fully saturated rings. The van der Waals surface area contributed by atoms with Crippen LogP contribution in [-0.4, -0.2) is 20.5 Å². The molecule has 9 heteroatoms. The number of aromatic nitrogens is 1. The highest BCUT2D eigenvalue weighted by atomic mass is 35.5. The second-order valence-electron chi connectivity index (χ2n) is 6.26. The van der Waals surface area contributed by atoms with Gasteiger partial charge in [0.15, 0.2) is 11.7 Å². The van der Waals surface area contributed by atoms with Gasteiger partial charge in [-0.05, 0) is 43.2 Å². The second kappa shape index (κ2) is 7.18. The van der Waals surface area contributed by atoms with Crippen molar-refractivity contribution in [2.75, 3.05) is 11.8 Å². The summed E-state index contributed by atoms with van der Waals surface area (Å²) in [7, 11) is -2.32. The fourth-order valence-electron chi connectivity index (χ4n) is 2.80. The van der Waals surface area contributed by atoms with Gasteiger partial charge in [0.25, 0.3) is 10.0 Å². The predicted octanol–water partition coefficient (Wildman–Crippen LogP) is 5.13. The zero-order valence-corrected chi connectivity index (χ0v) is 16.8. The van der Waals surface area contributed by atoms with Crippen LogP contribution in [0.5, 0.6) is 5.75 Å². The summed E-state index contributed by atoms with van der Waals surface area (Å²) in [5.41, 5.74) is 0.284. The minimum Gasteiger partial charge on any atom is -0.495 e. The smallest absolute Gasteiger partial charge is 0.271 e. The molecule has 3 aromatic rings. The summed E-state index contributed by atoms with van der Waals surface area (Å²) in [4.78, 5) is 5.04. The summed E-state index contributed by atoms with van der Waals surface area (Å²) in [5, 5.41) is 0.408. The molecule has 1 aliphatic rings. The van der Waals surface area contributed by atoms with E-state index in [2.05, 4.69) is 9.71 Å². The maximum Gasteiger partial charge on any atom is 0.271 e. The van der Waals surface area contributed by atoms with Crippen LogP contribution in [0.3, 0.4) is 0 Å². The van der Waals surface area contributed by atoms with Crippen molar-refractivity contribution >= 4 is 38.6 Å². The summed E-state index contributed by atoms with van der Waals surface area (Å²) in [5.74, 6) is 2.10. The Morgan fingerprint density at radius 3 is 2.81 bits per heavy atom. The van der Waals surface area contributed by atoms with Crippen molar-refractivity contribution in [1.82, 2.24) is 4.98 Å². The number of anilines is 1. The summed E-state index contributed by atoms with van der Waals surface area (Å²) in [6.45, 7) is 0. The van der Waals surface area contributed by atoms with E-state index in [0.717, 1.165) is 30.1 Å². The Labute approximate surface area is 166 Å². The van der Waals surface area contributed by atoms with E-state index >= 15 is 0 Å². The molecule has 1 saturated carbocycles. The summed E-state index contributed by atoms with van der Waals surface area (Å²) in [6, 6.07) is 8.01. The minimum absolute atomic E-state index is 0.168. The van der Waals surface area contributed by atoms with Gasteiger partial charge >= 0.3 is 0 Å². The van der Waals surface area contributed by atoms with E-state index in [-0.39, 0.29) is 9.90 Å². The van der Waals surface area contributed by atoms with Gasteiger partial charge in [-0.25, -0.2) is 13.4 Å². The highest BCUT2D eigenvalue weighted by Gasteiger charge is 2.25. The van der Waals surface area contributed by atoms with Crippen LogP contribution in [0, 0.1) is 0 Å². The Morgan fingerprint density at radius 1 is 1.30 bits per heavy atom. The first-order valence-corrected chi connectivity index (χ1v) is 11.1. The quantitative estimate of drug-likeness (QED) is 0.592. The molecule has 27 heavy (non-hydrogen) atoms. The van der Waals surface area contributed by atoms with Crippen LogP contribution >= 0.6 is 22.9 Å². The van der Waals surface area contributed by atoms with Gasteiger partial charge in [-0.1, -0.05) is 18.0 Å². The van der Waals surface area contributed by atoms with Crippen LogP contribution in [-0.2, 0) is 10.0 Å². The number of hydrogen-bond donors (Lipinski definition) is 1. The molecule has 2 heterocycles. The Hall–Kier alpha value is -2.03. The van der Waals surface area contributed by atoms with Gasteiger partial charge < -0.3 is 9.15 Å². The molecular weight excluding hydrogens is 408 g/mol. The molecule has 0 saturated heterocycles. The number of nitrogens with one attached hydrogen (secondary N) is 1. The first kappa shape index (κ1) is 18.3. The van der Waals surface area contributed by atoms with Crippen LogP contribution in [0.25, 0.3) is 10.6 Å². The fraction of sp³-hybridized carbons (Fsp3) is 0.278. The van der Waals surface area contributed by atoms with Crippen molar-refractivity contribution in [3.63, 3.8) is 0 Å². The molecule has 6 nitrogen and oxygen atoms in total. The topological polar surface area (TPSA) is 81.4 Å². The second-order valence-corrected chi connectivity index (χ2v) is 9.69. The standard InChI is InChI=1S/C18H17ClN2O4S2/c1-24-14-6-5-12(19)9-13(14)21-27(22,23)17-8-7-16(26-17)15-10-20-18(25-15)11-3-2-4-11/h5-11,21H,2-4H2,1H3. The number of thiophene rings is 1. The van der Waals surface area contributed by atoms with Gasteiger partial charge in [-0.3, -0.25) is 4.72 Å². The summed E-state index contributed by atoms with van der Waals surface area (Å²) >= 11 is 7.09. The molecule has 0 unspecified atom stereocenters. The SMILES string of the molecule is COc1ccc(Cl)cc1NS(=O)(=O)c1ccc(-c2cnc(C3CCC3)o2)s1. The van der Waals surface area contributed by atoms with E-state index in [1.165, 1.54) is 19.6 Å². The lowest BCUT2D eigenvalue weighted by atomic mass is 9.85. The van der Waals surface area contributed by atoms with Gasteiger partial charge in [0, 0.05) is 10.9 Å². The monoisotopic (exact) mass is 424 g/mol. The van der Waals surface area contributed by atoms with E-state index in [1.807, 2.05) is 0 Å². The Balaban J connectivity index is 1.58. The third-order valence-corrected chi connectivity index (χ3v) is 7.67. The lowest BCUT2D eigenvalue weighted by Gasteiger charge is -2.21. The lowest BCUT2D eigenvalue weighted by Crippen LogP contribution is -2.12. The van der Waals surface area contributed by atoms with Crippen molar-refractivity contribution in [2.45, 2.75) is 29.4 Å². The van der Waals surface area contributed by atoms with Crippen molar-refractivity contribution in [2.24, 2.45) is 0 Å². The highest BCUT2D eigenvalue weighted by molar-refractivity contribution is 7.94. The predicted molar refractivity (Wildman–Crippen MR) is 105 cm³/mol. The normalized spacial score (nSPS) is 14.7.